The fourth-order valence-corrected chi connectivity index (χ4v) is 2.12. The lowest BCUT2D eigenvalue weighted by Crippen LogP contribution is -2.30. The van der Waals surface area contributed by atoms with Crippen LogP contribution in [-0.2, 0) is 9.53 Å². The summed E-state index contributed by atoms with van der Waals surface area (Å²) in [5.74, 6) is -1.15. The van der Waals surface area contributed by atoms with Crippen LogP contribution in [0.1, 0.15) is 22.8 Å². The number of amides is 1. The number of nitrogens with one attached hydrogen (secondary N) is 1. The highest BCUT2D eigenvalue weighted by Gasteiger charge is 2.20. The van der Waals surface area contributed by atoms with E-state index in [1.54, 1.807) is 0 Å². The molecule has 0 spiro atoms. The van der Waals surface area contributed by atoms with Crippen molar-refractivity contribution in [2.75, 3.05) is 5.32 Å². The average Bonchev–Trinajstić information content (AvgIpc) is 2.57. The fourth-order valence-electron chi connectivity index (χ4n) is 1.69. The van der Waals surface area contributed by atoms with Gasteiger partial charge in [0, 0.05) is 6.20 Å². The molecule has 122 valence electrons. The molecule has 2 rings (SSSR count). The van der Waals surface area contributed by atoms with E-state index in [0.717, 1.165) is 0 Å². The summed E-state index contributed by atoms with van der Waals surface area (Å²) >= 11 is 11.6. The van der Waals surface area contributed by atoms with Gasteiger partial charge in [0.1, 0.15) is 0 Å². The number of halogens is 2. The Bertz CT molecular complexity index is 816. The summed E-state index contributed by atoms with van der Waals surface area (Å²) in [6.45, 7) is 1.42. The van der Waals surface area contributed by atoms with Crippen LogP contribution in [0.4, 0.5) is 5.82 Å². The third-order valence-electron chi connectivity index (χ3n) is 2.95. The molecule has 0 aliphatic rings. The standard InChI is InChI=1S/C16H11Cl2N3O3/c1-9(15(22)21-14-13(18)6-12(17)8-20-14)24-16(23)11-4-2-10(7-19)3-5-11/h2-6,8-9H,1H3,(H,20,21,22)/t9-/m0/s1. The second kappa shape index (κ2) is 7.77. The second-order valence-electron chi connectivity index (χ2n) is 4.71. The Morgan fingerprint density at radius 2 is 1.96 bits per heavy atom. The quantitative estimate of drug-likeness (QED) is 0.839. The number of esters is 1. The Labute approximate surface area is 148 Å². The Morgan fingerprint density at radius 1 is 1.29 bits per heavy atom. The number of nitriles is 1. The van der Waals surface area contributed by atoms with Gasteiger partial charge in [-0.25, -0.2) is 9.78 Å². The van der Waals surface area contributed by atoms with Crippen molar-refractivity contribution in [3.05, 3.63) is 57.7 Å². The minimum atomic E-state index is -1.07. The molecule has 1 atom stereocenters. The van der Waals surface area contributed by atoms with E-state index in [-0.39, 0.29) is 16.4 Å². The molecule has 0 aliphatic heterocycles. The summed E-state index contributed by atoms with van der Waals surface area (Å²) in [7, 11) is 0. The van der Waals surface area contributed by atoms with Gasteiger partial charge in [-0.15, -0.1) is 0 Å². The highest BCUT2D eigenvalue weighted by atomic mass is 35.5. The topological polar surface area (TPSA) is 92.1 Å². The van der Waals surface area contributed by atoms with Crippen molar-refractivity contribution in [2.45, 2.75) is 13.0 Å². The lowest BCUT2D eigenvalue weighted by Gasteiger charge is -2.13. The summed E-state index contributed by atoms with van der Waals surface area (Å²) < 4.78 is 5.08. The zero-order chi connectivity index (χ0) is 17.7. The van der Waals surface area contributed by atoms with E-state index in [1.807, 2.05) is 6.07 Å². The van der Waals surface area contributed by atoms with Gasteiger partial charge in [-0.05, 0) is 37.3 Å². The molecule has 0 fully saturated rings. The molecular weight excluding hydrogens is 353 g/mol. The number of carbonyl (C=O) groups is 2. The van der Waals surface area contributed by atoms with Gasteiger partial charge in [0.05, 0.1) is 27.2 Å². The van der Waals surface area contributed by atoms with E-state index in [0.29, 0.717) is 10.6 Å². The second-order valence-corrected chi connectivity index (χ2v) is 5.55. The van der Waals surface area contributed by atoms with Crippen LogP contribution in [-0.4, -0.2) is 23.0 Å². The molecule has 0 radical (unpaired) electrons. The van der Waals surface area contributed by atoms with Crippen LogP contribution < -0.4 is 5.32 Å². The van der Waals surface area contributed by atoms with Gasteiger partial charge in [0.15, 0.2) is 11.9 Å². The van der Waals surface area contributed by atoms with Gasteiger partial charge in [0.2, 0.25) is 0 Å². The van der Waals surface area contributed by atoms with E-state index in [2.05, 4.69) is 10.3 Å². The number of anilines is 1. The molecule has 1 N–H and O–H groups in total. The molecule has 0 bridgehead atoms. The van der Waals surface area contributed by atoms with Crippen molar-refractivity contribution >= 4 is 40.9 Å². The van der Waals surface area contributed by atoms with Crippen LogP contribution in [0.25, 0.3) is 0 Å². The Morgan fingerprint density at radius 3 is 2.54 bits per heavy atom. The predicted molar refractivity (Wildman–Crippen MR) is 88.9 cm³/mol. The first-order valence-electron chi connectivity index (χ1n) is 6.73. The third-order valence-corrected chi connectivity index (χ3v) is 3.45. The molecule has 2 aromatic rings. The van der Waals surface area contributed by atoms with Gasteiger partial charge < -0.3 is 10.1 Å². The van der Waals surface area contributed by atoms with Crippen LogP contribution in [0.5, 0.6) is 0 Å². The van der Waals surface area contributed by atoms with Gasteiger partial charge in [-0.1, -0.05) is 23.2 Å². The van der Waals surface area contributed by atoms with E-state index in [4.69, 9.17) is 33.2 Å². The first-order valence-corrected chi connectivity index (χ1v) is 7.49. The average molecular weight is 364 g/mol. The number of hydrogen-bond donors (Lipinski definition) is 1. The number of benzene rings is 1. The number of carbonyl (C=O) groups excluding carboxylic acids is 2. The number of pyridine rings is 1. The van der Waals surface area contributed by atoms with Crippen molar-refractivity contribution in [1.82, 2.24) is 4.98 Å². The highest BCUT2D eigenvalue weighted by Crippen LogP contribution is 2.22. The van der Waals surface area contributed by atoms with Gasteiger partial charge in [-0.3, -0.25) is 4.79 Å². The Kier molecular flexibility index (Phi) is 5.74. The molecule has 1 aromatic carbocycles. The zero-order valence-electron chi connectivity index (χ0n) is 12.4. The van der Waals surface area contributed by atoms with Crippen molar-refractivity contribution in [3.8, 4) is 6.07 Å². The first kappa shape index (κ1) is 17.7. The lowest BCUT2D eigenvalue weighted by atomic mass is 10.1. The summed E-state index contributed by atoms with van der Waals surface area (Å²) in [6, 6.07) is 9.24. The molecule has 1 aromatic heterocycles. The molecule has 8 heteroatoms. The minimum Gasteiger partial charge on any atom is -0.449 e. The van der Waals surface area contributed by atoms with Crippen molar-refractivity contribution in [2.24, 2.45) is 0 Å². The molecular formula is C16H11Cl2N3O3. The molecule has 24 heavy (non-hydrogen) atoms. The Hall–Kier alpha value is -2.62. The number of rotatable bonds is 4. The van der Waals surface area contributed by atoms with Crippen LogP contribution in [0.3, 0.4) is 0 Å². The number of nitrogens with zero attached hydrogens (tertiary/aromatic N) is 2. The number of hydrogen-bond acceptors (Lipinski definition) is 5. The summed E-state index contributed by atoms with van der Waals surface area (Å²) in [5.41, 5.74) is 0.650. The monoisotopic (exact) mass is 363 g/mol. The molecule has 1 heterocycles. The molecule has 0 aliphatic carbocycles. The van der Waals surface area contributed by atoms with E-state index in [9.17, 15) is 9.59 Å². The van der Waals surface area contributed by atoms with Crippen LogP contribution in [0.2, 0.25) is 10.0 Å². The van der Waals surface area contributed by atoms with Crippen LogP contribution in [0.15, 0.2) is 36.5 Å². The minimum absolute atomic E-state index is 0.118. The smallest absolute Gasteiger partial charge is 0.338 e. The van der Waals surface area contributed by atoms with Crippen molar-refractivity contribution in [1.29, 1.82) is 5.26 Å². The van der Waals surface area contributed by atoms with Gasteiger partial charge >= 0.3 is 5.97 Å². The maximum absolute atomic E-state index is 12.1. The first-order chi connectivity index (χ1) is 11.4. The van der Waals surface area contributed by atoms with Gasteiger partial charge in [0.25, 0.3) is 5.91 Å². The van der Waals surface area contributed by atoms with Crippen molar-refractivity contribution < 1.29 is 14.3 Å². The zero-order valence-corrected chi connectivity index (χ0v) is 13.9. The summed E-state index contributed by atoms with van der Waals surface area (Å²) in [5, 5.41) is 11.7. The van der Waals surface area contributed by atoms with Gasteiger partial charge in [-0.2, -0.15) is 5.26 Å². The van der Waals surface area contributed by atoms with E-state index in [1.165, 1.54) is 43.5 Å². The molecule has 6 nitrogen and oxygen atoms in total. The van der Waals surface area contributed by atoms with E-state index >= 15 is 0 Å². The van der Waals surface area contributed by atoms with Crippen LogP contribution >= 0.6 is 23.2 Å². The number of aromatic nitrogens is 1. The maximum atomic E-state index is 12.1. The molecule has 0 saturated carbocycles. The summed E-state index contributed by atoms with van der Waals surface area (Å²) in [6.07, 6.45) is 0.262. The molecule has 0 saturated heterocycles. The van der Waals surface area contributed by atoms with E-state index < -0.39 is 18.0 Å². The van der Waals surface area contributed by atoms with Crippen LogP contribution in [0, 0.1) is 11.3 Å². The lowest BCUT2D eigenvalue weighted by molar-refractivity contribution is -0.123. The normalized spacial score (nSPS) is 11.2. The SMILES string of the molecule is C[C@H](OC(=O)c1ccc(C#N)cc1)C(=O)Nc1ncc(Cl)cc1Cl. The Balaban J connectivity index is 2.00. The van der Waals surface area contributed by atoms with Crippen molar-refractivity contribution in [3.63, 3.8) is 0 Å². The predicted octanol–water partition coefficient (Wildman–Crippen LogP) is 3.44. The summed E-state index contributed by atoms with van der Waals surface area (Å²) in [4.78, 5) is 27.9. The molecule has 0 unspecified atom stereocenters. The molecule has 1 amide bonds. The highest BCUT2D eigenvalue weighted by molar-refractivity contribution is 6.36. The fraction of sp³-hybridized carbons (Fsp3) is 0.125. The number of ether oxygens (including phenoxy) is 1. The third kappa shape index (κ3) is 4.44. The largest absolute Gasteiger partial charge is 0.449 e. The maximum Gasteiger partial charge on any atom is 0.338 e.